The number of hydrogen-bond acceptors (Lipinski definition) is 3. The average Bonchev–Trinajstić information content (AvgIpc) is 2.71. The van der Waals surface area contributed by atoms with Crippen molar-refractivity contribution in [2.45, 2.75) is 26.4 Å². The van der Waals surface area contributed by atoms with Crippen LogP contribution in [0.25, 0.3) is 0 Å². The molecular formula is C24H21NO3. The highest BCUT2D eigenvalue weighted by Crippen LogP contribution is 2.31. The predicted octanol–water partition coefficient (Wildman–Crippen LogP) is 5.01. The van der Waals surface area contributed by atoms with Crippen molar-refractivity contribution in [3.63, 3.8) is 0 Å². The van der Waals surface area contributed by atoms with E-state index in [-0.39, 0.29) is 18.0 Å². The number of ether oxygens (including phenoxy) is 1. The summed E-state index contributed by atoms with van der Waals surface area (Å²) in [5, 5.41) is 2.97. The number of carbonyl (C=O) groups is 2. The van der Waals surface area contributed by atoms with Gasteiger partial charge in [-0.2, -0.15) is 0 Å². The van der Waals surface area contributed by atoms with Crippen molar-refractivity contribution in [1.82, 2.24) is 0 Å². The summed E-state index contributed by atoms with van der Waals surface area (Å²) >= 11 is 0. The quantitative estimate of drug-likeness (QED) is 0.659. The fourth-order valence-corrected chi connectivity index (χ4v) is 3.47. The number of hydrogen-bond donors (Lipinski definition) is 1. The van der Waals surface area contributed by atoms with Gasteiger partial charge in [0.05, 0.1) is 5.56 Å². The molecule has 1 N–H and O–H groups in total. The Bertz CT molecular complexity index is 1060. The molecule has 0 radical (unpaired) electrons. The van der Waals surface area contributed by atoms with E-state index in [0.717, 1.165) is 27.9 Å². The molecule has 1 heterocycles. The lowest BCUT2D eigenvalue weighted by molar-refractivity contribution is 0.0252. The largest absolute Gasteiger partial charge is 0.454 e. The Balaban J connectivity index is 1.60. The van der Waals surface area contributed by atoms with Gasteiger partial charge >= 0.3 is 5.97 Å². The van der Waals surface area contributed by atoms with Crippen LogP contribution in [0.15, 0.2) is 66.7 Å². The molecule has 0 bridgehead atoms. The first-order valence-electron chi connectivity index (χ1n) is 9.29. The number of carbonyl (C=O) groups excluding carboxylic acids is 2. The normalized spacial score (nSPS) is 15.5. The van der Waals surface area contributed by atoms with Gasteiger partial charge in [-0.1, -0.05) is 42.5 Å². The number of benzene rings is 3. The van der Waals surface area contributed by atoms with Gasteiger partial charge in [0.15, 0.2) is 0 Å². The smallest absolute Gasteiger partial charge is 0.339 e. The highest BCUT2D eigenvalue weighted by atomic mass is 16.5. The molecule has 0 saturated carbocycles. The highest BCUT2D eigenvalue weighted by molar-refractivity contribution is 6.05. The number of fused-ring (bicyclic) bond motifs is 1. The number of anilines is 1. The van der Waals surface area contributed by atoms with Gasteiger partial charge < -0.3 is 10.1 Å². The predicted molar refractivity (Wildman–Crippen MR) is 109 cm³/mol. The summed E-state index contributed by atoms with van der Waals surface area (Å²) in [4.78, 5) is 25.2. The minimum absolute atomic E-state index is 0.188. The van der Waals surface area contributed by atoms with Crippen molar-refractivity contribution in [1.29, 1.82) is 0 Å². The van der Waals surface area contributed by atoms with Gasteiger partial charge in [0.2, 0.25) is 0 Å². The lowest BCUT2D eigenvalue weighted by Gasteiger charge is -2.25. The molecule has 1 aliphatic heterocycles. The summed E-state index contributed by atoms with van der Waals surface area (Å²) in [5.41, 5.74) is 5.80. The second kappa shape index (κ2) is 7.31. The van der Waals surface area contributed by atoms with Crippen LogP contribution in [0.2, 0.25) is 0 Å². The molecule has 4 nitrogen and oxygen atoms in total. The fourth-order valence-electron chi connectivity index (χ4n) is 3.47. The monoisotopic (exact) mass is 371 g/mol. The molecule has 3 aromatic carbocycles. The maximum Gasteiger partial charge on any atom is 0.339 e. The molecule has 4 heteroatoms. The summed E-state index contributed by atoms with van der Waals surface area (Å²) in [6.45, 7) is 4.00. The topological polar surface area (TPSA) is 55.4 Å². The van der Waals surface area contributed by atoms with Crippen LogP contribution in [-0.2, 0) is 11.2 Å². The van der Waals surface area contributed by atoms with E-state index in [1.165, 1.54) is 0 Å². The van der Waals surface area contributed by atoms with Crippen LogP contribution in [0, 0.1) is 13.8 Å². The summed E-state index contributed by atoms with van der Waals surface area (Å²) in [7, 11) is 0. The zero-order valence-corrected chi connectivity index (χ0v) is 15.9. The summed E-state index contributed by atoms with van der Waals surface area (Å²) in [6.07, 6.45) is 0.217. The van der Waals surface area contributed by atoms with Gasteiger partial charge in [-0.25, -0.2) is 4.79 Å². The molecule has 0 unspecified atom stereocenters. The fraction of sp³-hybridized carbons (Fsp3) is 0.167. The van der Waals surface area contributed by atoms with Crippen LogP contribution in [0.3, 0.4) is 0 Å². The number of aryl methyl sites for hydroxylation is 1. The lowest BCUT2D eigenvalue weighted by Crippen LogP contribution is -2.23. The Labute approximate surface area is 164 Å². The van der Waals surface area contributed by atoms with Crippen molar-refractivity contribution in [3.05, 3.63) is 100 Å². The molecule has 0 aromatic heterocycles. The molecule has 3 aromatic rings. The molecule has 0 aliphatic carbocycles. The third-order valence-corrected chi connectivity index (χ3v) is 5.27. The van der Waals surface area contributed by atoms with Crippen molar-refractivity contribution < 1.29 is 14.3 Å². The highest BCUT2D eigenvalue weighted by Gasteiger charge is 2.28. The minimum Gasteiger partial charge on any atom is -0.454 e. The first-order valence-corrected chi connectivity index (χ1v) is 9.29. The van der Waals surface area contributed by atoms with Crippen LogP contribution in [0.4, 0.5) is 5.69 Å². The van der Waals surface area contributed by atoms with Crippen LogP contribution in [0.5, 0.6) is 0 Å². The lowest BCUT2D eigenvalue weighted by atomic mass is 9.93. The SMILES string of the molecule is Cc1cccc(NC(=O)c2ccc3c(c2)C[C@@H](c2ccccc2)OC3=O)c1C. The van der Waals surface area contributed by atoms with Crippen LogP contribution in [-0.4, -0.2) is 11.9 Å². The first-order chi connectivity index (χ1) is 13.5. The second-order valence-corrected chi connectivity index (χ2v) is 7.08. The standard InChI is InChI=1S/C24H21NO3/c1-15-7-6-10-21(16(15)2)25-23(26)18-11-12-20-19(13-18)14-22(28-24(20)27)17-8-4-3-5-9-17/h3-13,22H,14H2,1-2H3,(H,25,26)/t22-/m0/s1. The van der Waals surface area contributed by atoms with Gasteiger partial charge in [0.1, 0.15) is 6.10 Å². The number of nitrogens with one attached hydrogen (secondary N) is 1. The number of esters is 1. The van der Waals surface area contributed by atoms with E-state index < -0.39 is 0 Å². The summed E-state index contributed by atoms with van der Waals surface area (Å²) in [5.74, 6) is -0.539. The number of cyclic esters (lactones) is 1. The van der Waals surface area contributed by atoms with Gasteiger partial charge in [0.25, 0.3) is 5.91 Å². The Hall–Kier alpha value is -3.40. The van der Waals surface area contributed by atoms with E-state index in [4.69, 9.17) is 4.74 Å². The maximum atomic E-state index is 12.8. The third-order valence-electron chi connectivity index (χ3n) is 5.27. The Kier molecular flexibility index (Phi) is 4.70. The average molecular weight is 371 g/mol. The molecule has 140 valence electrons. The minimum atomic E-state index is -0.350. The molecule has 0 fully saturated rings. The van der Waals surface area contributed by atoms with E-state index in [9.17, 15) is 9.59 Å². The maximum absolute atomic E-state index is 12.8. The zero-order valence-electron chi connectivity index (χ0n) is 15.9. The first kappa shape index (κ1) is 18.0. The molecule has 1 amide bonds. The third kappa shape index (κ3) is 3.41. The van der Waals surface area contributed by atoms with E-state index in [0.29, 0.717) is 17.5 Å². The molecule has 0 spiro atoms. The van der Waals surface area contributed by atoms with Crippen LogP contribution >= 0.6 is 0 Å². The second-order valence-electron chi connectivity index (χ2n) is 7.08. The van der Waals surface area contributed by atoms with E-state index in [2.05, 4.69) is 5.32 Å². The van der Waals surface area contributed by atoms with Crippen molar-refractivity contribution in [2.24, 2.45) is 0 Å². The van der Waals surface area contributed by atoms with Gasteiger partial charge in [-0.15, -0.1) is 0 Å². The Morgan fingerprint density at radius 3 is 2.57 bits per heavy atom. The van der Waals surface area contributed by atoms with Crippen molar-refractivity contribution in [2.75, 3.05) is 5.32 Å². The Morgan fingerprint density at radius 1 is 1.00 bits per heavy atom. The van der Waals surface area contributed by atoms with Crippen LogP contribution < -0.4 is 5.32 Å². The molecule has 0 saturated heterocycles. The van der Waals surface area contributed by atoms with Gasteiger partial charge in [0, 0.05) is 17.7 Å². The zero-order chi connectivity index (χ0) is 19.7. The van der Waals surface area contributed by atoms with E-state index in [1.807, 2.05) is 62.4 Å². The molecule has 28 heavy (non-hydrogen) atoms. The van der Waals surface area contributed by atoms with Crippen molar-refractivity contribution >= 4 is 17.6 Å². The molecule has 4 rings (SSSR count). The van der Waals surface area contributed by atoms with Gasteiger partial charge in [-0.3, -0.25) is 4.79 Å². The number of rotatable bonds is 3. The molecule has 1 aliphatic rings. The Morgan fingerprint density at radius 2 is 1.79 bits per heavy atom. The number of amides is 1. The summed E-state index contributed by atoms with van der Waals surface area (Å²) in [6, 6.07) is 20.6. The van der Waals surface area contributed by atoms with E-state index in [1.54, 1.807) is 18.2 Å². The molecular weight excluding hydrogens is 350 g/mol. The van der Waals surface area contributed by atoms with E-state index >= 15 is 0 Å². The van der Waals surface area contributed by atoms with Gasteiger partial charge in [-0.05, 0) is 60.4 Å². The summed E-state index contributed by atoms with van der Waals surface area (Å²) < 4.78 is 5.58. The van der Waals surface area contributed by atoms with Crippen molar-refractivity contribution in [3.8, 4) is 0 Å². The van der Waals surface area contributed by atoms with Crippen LogP contribution in [0.1, 0.15) is 49.1 Å². The molecule has 1 atom stereocenters.